The zero-order valence-corrected chi connectivity index (χ0v) is 12.7. The Bertz CT molecular complexity index is 694. The second-order valence-corrected chi connectivity index (χ2v) is 5.15. The lowest BCUT2D eigenvalue weighted by molar-refractivity contribution is -0.141. The molecule has 0 aliphatic carbocycles. The van der Waals surface area contributed by atoms with Gasteiger partial charge in [-0.3, -0.25) is 4.79 Å². The van der Waals surface area contributed by atoms with E-state index in [0.717, 1.165) is 15.8 Å². The summed E-state index contributed by atoms with van der Waals surface area (Å²) in [5.41, 5.74) is 2.25. The number of carbonyl (C=O) groups excluding carboxylic acids is 1. The molecule has 0 atom stereocenters. The third kappa shape index (κ3) is 5.01. The Morgan fingerprint density at radius 3 is 2.74 bits per heavy atom. The van der Waals surface area contributed by atoms with Gasteiger partial charge in [0, 0.05) is 30.7 Å². The molecule has 1 aromatic carbocycles. The Morgan fingerprint density at radius 1 is 1.35 bits per heavy atom. The van der Waals surface area contributed by atoms with Crippen molar-refractivity contribution in [2.45, 2.75) is 33.1 Å². The first-order valence-electron chi connectivity index (χ1n) is 6.93. The van der Waals surface area contributed by atoms with Crippen molar-refractivity contribution in [2.24, 2.45) is 0 Å². The van der Waals surface area contributed by atoms with Crippen molar-refractivity contribution in [1.29, 1.82) is 0 Å². The Labute approximate surface area is 131 Å². The molecule has 124 valence electrons. The largest absolute Gasteiger partial charge is 0.406 e. The molecule has 0 fully saturated rings. The molecular weight excluding hydrogens is 309 g/mol. The number of benzene rings is 1. The summed E-state index contributed by atoms with van der Waals surface area (Å²) in [5.74, 6) is 0.0900. The number of aryl methyl sites for hydroxylation is 1. The number of hydrogen-bond donors (Lipinski definition) is 2. The summed E-state index contributed by atoms with van der Waals surface area (Å²) in [7, 11) is 0. The van der Waals surface area contributed by atoms with Gasteiger partial charge >= 0.3 is 6.18 Å². The molecule has 0 bridgehead atoms. The van der Waals surface area contributed by atoms with Crippen LogP contribution < -0.4 is 10.6 Å². The van der Waals surface area contributed by atoms with Gasteiger partial charge in [-0.05, 0) is 24.6 Å². The minimum absolute atomic E-state index is 0.146. The van der Waals surface area contributed by atoms with Crippen molar-refractivity contribution in [3.63, 3.8) is 0 Å². The molecule has 1 aromatic heterocycles. The fraction of sp³-hybridized carbons (Fsp3) is 0.333. The summed E-state index contributed by atoms with van der Waals surface area (Å²) < 4.78 is 38.5. The quantitative estimate of drug-likeness (QED) is 0.886. The van der Waals surface area contributed by atoms with Gasteiger partial charge in [0.15, 0.2) is 0 Å². The van der Waals surface area contributed by atoms with Crippen LogP contribution in [-0.4, -0.2) is 21.6 Å². The van der Waals surface area contributed by atoms with Crippen LogP contribution in [0.5, 0.6) is 0 Å². The van der Waals surface area contributed by atoms with Crippen molar-refractivity contribution in [3.8, 4) is 0 Å². The first-order valence-corrected chi connectivity index (χ1v) is 6.93. The summed E-state index contributed by atoms with van der Waals surface area (Å²) in [6.45, 7) is 2.34. The topological polar surface area (TPSA) is 59.0 Å². The minimum Gasteiger partial charge on any atom is -0.378 e. The Morgan fingerprint density at radius 2 is 2.09 bits per heavy atom. The van der Waals surface area contributed by atoms with Gasteiger partial charge in [-0.25, -0.2) is 4.98 Å². The number of anilines is 2. The molecule has 5 nitrogen and oxygen atoms in total. The number of nitrogens with zero attached hydrogens (tertiary/aromatic N) is 2. The van der Waals surface area contributed by atoms with E-state index in [1.807, 2.05) is 13.0 Å². The first-order chi connectivity index (χ1) is 10.7. The number of carbonyl (C=O) groups is 1. The molecule has 23 heavy (non-hydrogen) atoms. The highest BCUT2D eigenvalue weighted by Gasteiger charge is 2.28. The van der Waals surface area contributed by atoms with Crippen molar-refractivity contribution in [2.75, 3.05) is 10.6 Å². The fourth-order valence-electron chi connectivity index (χ4n) is 2.11. The van der Waals surface area contributed by atoms with Crippen LogP contribution >= 0.6 is 0 Å². The number of rotatable bonds is 5. The van der Waals surface area contributed by atoms with Gasteiger partial charge in [0.25, 0.3) is 0 Å². The maximum absolute atomic E-state index is 12.5. The monoisotopic (exact) mass is 326 g/mol. The summed E-state index contributed by atoms with van der Waals surface area (Å²) in [4.78, 5) is 15.0. The highest BCUT2D eigenvalue weighted by Crippen LogP contribution is 2.22. The van der Waals surface area contributed by atoms with E-state index in [1.54, 1.807) is 12.1 Å². The molecule has 2 aromatic rings. The van der Waals surface area contributed by atoms with Crippen molar-refractivity contribution >= 4 is 17.3 Å². The van der Waals surface area contributed by atoms with Crippen molar-refractivity contribution < 1.29 is 18.0 Å². The number of amides is 1. The minimum atomic E-state index is -4.29. The molecule has 1 heterocycles. The van der Waals surface area contributed by atoms with Crippen LogP contribution in [0, 0.1) is 6.92 Å². The number of hydrogen-bond acceptors (Lipinski definition) is 3. The lowest BCUT2D eigenvalue weighted by atomic mass is 10.1. The van der Waals surface area contributed by atoms with E-state index in [4.69, 9.17) is 0 Å². The number of imidazole rings is 1. The number of aromatic nitrogens is 2. The van der Waals surface area contributed by atoms with E-state index >= 15 is 0 Å². The van der Waals surface area contributed by atoms with E-state index < -0.39 is 12.7 Å². The highest BCUT2D eigenvalue weighted by atomic mass is 19.4. The molecule has 0 radical (unpaired) electrons. The SMILES string of the molecule is CC(=O)Nc1ccc(C)c(NCc2nccn2CC(F)(F)F)c1. The molecule has 0 saturated heterocycles. The van der Waals surface area contributed by atoms with Crippen LogP contribution in [0.4, 0.5) is 24.5 Å². The second kappa shape index (κ2) is 6.72. The molecule has 0 unspecified atom stereocenters. The van der Waals surface area contributed by atoms with Gasteiger partial charge in [0.1, 0.15) is 12.4 Å². The van der Waals surface area contributed by atoms with Crippen LogP contribution in [0.15, 0.2) is 30.6 Å². The standard InChI is InChI=1S/C15H17F3N4O/c1-10-3-4-12(21-11(2)23)7-13(10)20-8-14-19-5-6-22(14)9-15(16,17)18/h3-7,20H,8-9H2,1-2H3,(H,21,23). The van der Waals surface area contributed by atoms with Crippen LogP contribution in [0.2, 0.25) is 0 Å². The van der Waals surface area contributed by atoms with Gasteiger partial charge < -0.3 is 15.2 Å². The smallest absolute Gasteiger partial charge is 0.378 e. The van der Waals surface area contributed by atoms with Gasteiger partial charge in [0.05, 0.1) is 6.54 Å². The Balaban J connectivity index is 2.09. The van der Waals surface area contributed by atoms with E-state index in [0.29, 0.717) is 5.69 Å². The molecule has 0 aliphatic heterocycles. The van der Waals surface area contributed by atoms with E-state index in [9.17, 15) is 18.0 Å². The predicted molar refractivity (Wildman–Crippen MR) is 81.1 cm³/mol. The second-order valence-electron chi connectivity index (χ2n) is 5.15. The molecule has 8 heteroatoms. The van der Waals surface area contributed by atoms with Gasteiger partial charge in [0.2, 0.25) is 5.91 Å². The molecule has 2 N–H and O–H groups in total. The zero-order chi connectivity index (χ0) is 17.0. The molecule has 0 aliphatic rings. The maximum atomic E-state index is 12.5. The van der Waals surface area contributed by atoms with Crippen LogP contribution in [0.25, 0.3) is 0 Å². The van der Waals surface area contributed by atoms with Crippen molar-refractivity contribution in [1.82, 2.24) is 9.55 Å². The molecule has 2 rings (SSSR count). The number of alkyl halides is 3. The fourth-order valence-corrected chi connectivity index (χ4v) is 2.11. The summed E-state index contributed by atoms with van der Waals surface area (Å²) in [5, 5.41) is 5.71. The molecule has 0 spiro atoms. The van der Waals surface area contributed by atoms with Crippen LogP contribution in [0.1, 0.15) is 18.3 Å². The number of halogens is 3. The number of nitrogens with one attached hydrogen (secondary N) is 2. The summed E-state index contributed by atoms with van der Waals surface area (Å²) in [6, 6.07) is 5.30. The predicted octanol–water partition coefficient (Wildman–Crippen LogP) is 3.32. The molecule has 0 saturated carbocycles. The lowest BCUT2D eigenvalue weighted by Gasteiger charge is -2.14. The normalized spacial score (nSPS) is 11.3. The van der Waals surface area contributed by atoms with Crippen molar-refractivity contribution in [3.05, 3.63) is 42.0 Å². The zero-order valence-electron chi connectivity index (χ0n) is 12.7. The van der Waals surface area contributed by atoms with Gasteiger partial charge in [-0.1, -0.05) is 6.07 Å². The Hall–Kier alpha value is -2.51. The average molecular weight is 326 g/mol. The van der Waals surface area contributed by atoms with Gasteiger partial charge in [-0.15, -0.1) is 0 Å². The lowest BCUT2D eigenvalue weighted by Crippen LogP contribution is -2.20. The summed E-state index contributed by atoms with van der Waals surface area (Å²) in [6.07, 6.45) is -1.66. The van der Waals surface area contributed by atoms with E-state index in [1.165, 1.54) is 19.3 Å². The Kier molecular flexibility index (Phi) is 4.92. The molecule has 1 amide bonds. The third-order valence-electron chi connectivity index (χ3n) is 3.15. The first kappa shape index (κ1) is 16.9. The van der Waals surface area contributed by atoms with E-state index in [-0.39, 0.29) is 18.3 Å². The average Bonchev–Trinajstić information content (AvgIpc) is 2.84. The van der Waals surface area contributed by atoms with Gasteiger partial charge in [-0.2, -0.15) is 13.2 Å². The summed E-state index contributed by atoms with van der Waals surface area (Å²) >= 11 is 0. The highest BCUT2D eigenvalue weighted by molar-refractivity contribution is 5.89. The van der Waals surface area contributed by atoms with E-state index in [2.05, 4.69) is 15.6 Å². The van der Waals surface area contributed by atoms with Crippen LogP contribution in [-0.2, 0) is 17.9 Å². The van der Waals surface area contributed by atoms with Crippen LogP contribution in [0.3, 0.4) is 0 Å². The molecular formula is C15H17F3N4O. The third-order valence-corrected chi connectivity index (χ3v) is 3.15. The maximum Gasteiger partial charge on any atom is 0.406 e.